The van der Waals surface area contributed by atoms with Crippen molar-refractivity contribution in [3.8, 4) is 0 Å². The summed E-state index contributed by atoms with van der Waals surface area (Å²) in [5.74, 6) is -0.0225. The molecule has 0 spiro atoms. The number of rotatable bonds is 4. The lowest BCUT2D eigenvalue weighted by atomic mass is 9.95. The van der Waals surface area contributed by atoms with E-state index in [1.165, 1.54) is 5.56 Å². The molecular formula is C14H17BrO2. The average molecular weight is 297 g/mol. The highest BCUT2D eigenvalue weighted by Gasteiger charge is 2.37. The molecule has 0 unspecified atom stereocenters. The van der Waals surface area contributed by atoms with Crippen molar-refractivity contribution in [1.82, 2.24) is 0 Å². The first kappa shape index (κ1) is 12.6. The predicted molar refractivity (Wildman–Crippen MR) is 71.1 cm³/mol. The largest absolute Gasteiger partial charge is 0.461 e. The van der Waals surface area contributed by atoms with Gasteiger partial charge in [0.05, 0.1) is 10.7 Å². The molecule has 1 heterocycles. The minimum Gasteiger partial charge on any atom is -0.461 e. The zero-order valence-corrected chi connectivity index (χ0v) is 11.5. The Balaban J connectivity index is 1.97. The van der Waals surface area contributed by atoms with E-state index in [0.29, 0.717) is 0 Å². The van der Waals surface area contributed by atoms with Crippen molar-refractivity contribution in [1.29, 1.82) is 0 Å². The standard InChI is InChI=1S/C14H17BrO2/c1-2-12(15)13-9-11(14(16)17-13)8-10-6-4-3-5-7-10/h3-7,11-13H,2,8-9H2,1H3/t11-,12-,13+/m1/s1. The first-order valence-electron chi connectivity index (χ1n) is 6.09. The van der Waals surface area contributed by atoms with Crippen molar-refractivity contribution >= 4 is 21.9 Å². The van der Waals surface area contributed by atoms with Crippen LogP contribution in [0.2, 0.25) is 0 Å². The molecule has 0 N–H and O–H groups in total. The van der Waals surface area contributed by atoms with Gasteiger partial charge in [0, 0.05) is 0 Å². The van der Waals surface area contributed by atoms with Crippen LogP contribution in [0.25, 0.3) is 0 Å². The van der Waals surface area contributed by atoms with E-state index in [9.17, 15) is 4.79 Å². The van der Waals surface area contributed by atoms with Crippen LogP contribution in [0.3, 0.4) is 0 Å². The lowest BCUT2D eigenvalue weighted by Gasteiger charge is -2.13. The summed E-state index contributed by atoms with van der Waals surface area (Å²) in [5, 5.41) is 0. The van der Waals surface area contributed by atoms with Crippen molar-refractivity contribution in [2.24, 2.45) is 5.92 Å². The fourth-order valence-corrected chi connectivity index (χ4v) is 2.54. The molecule has 0 aliphatic carbocycles. The van der Waals surface area contributed by atoms with Gasteiger partial charge in [0.15, 0.2) is 0 Å². The molecule has 0 saturated carbocycles. The van der Waals surface area contributed by atoms with Crippen LogP contribution in [0.4, 0.5) is 0 Å². The Bertz CT molecular complexity index is 377. The second-order valence-corrected chi connectivity index (χ2v) is 5.70. The van der Waals surface area contributed by atoms with Crippen molar-refractivity contribution in [3.63, 3.8) is 0 Å². The molecule has 1 aliphatic rings. The fourth-order valence-electron chi connectivity index (χ4n) is 2.22. The molecule has 1 aliphatic heterocycles. The third-order valence-corrected chi connectivity index (χ3v) is 4.47. The van der Waals surface area contributed by atoms with Crippen LogP contribution in [-0.4, -0.2) is 16.9 Å². The lowest BCUT2D eigenvalue weighted by molar-refractivity contribution is -0.144. The number of alkyl halides is 1. The summed E-state index contributed by atoms with van der Waals surface area (Å²) < 4.78 is 5.41. The molecule has 2 rings (SSSR count). The van der Waals surface area contributed by atoms with Gasteiger partial charge in [0.2, 0.25) is 0 Å². The van der Waals surface area contributed by atoms with Crippen LogP contribution in [0.1, 0.15) is 25.3 Å². The maximum Gasteiger partial charge on any atom is 0.309 e. The molecule has 0 radical (unpaired) electrons. The number of cyclic esters (lactones) is 1. The molecule has 17 heavy (non-hydrogen) atoms. The van der Waals surface area contributed by atoms with Crippen LogP contribution < -0.4 is 0 Å². The van der Waals surface area contributed by atoms with E-state index in [4.69, 9.17) is 4.74 Å². The topological polar surface area (TPSA) is 26.3 Å². The van der Waals surface area contributed by atoms with Gasteiger partial charge in [-0.15, -0.1) is 0 Å². The molecule has 1 saturated heterocycles. The van der Waals surface area contributed by atoms with Gasteiger partial charge in [0.1, 0.15) is 6.10 Å². The summed E-state index contributed by atoms with van der Waals surface area (Å²) >= 11 is 3.57. The fraction of sp³-hybridized carbons (Fsp3) is 0.500. The van der Waals surface area contributed by atoms with Crippen molar-refractivity contribution < 1.29 is 9.53 Å². The Kier molecular flexibility index (Phi) is 4.21. The van der Waals surface area contributed by atoms with Gasteiger partial charge >= 0.3 is 5.97 Å². The number of hydrogen-bond acceptors (Lipinski definition) is 2. The van der Waals surface area contributed by atoms with Crippen LogP contribution in [0, 0.1) is 5.92 Å². The molecule has 1 fully saturated rings. The molecule has 1 aromatic rings. The first-order chi connectivity index (χ1) is 8.20. The first-order valence-corrected chi connectivity index (χ1v) is 7.00. The third-order valence-electron chi connectivity index (χ3n) is 3.24. The number of carbonyl (C=O) groups is 1. The normalized spacial score (nSPS) is 25.6. The maximum atomic E-state index is 11.8. The molecule has 0 aromatic heterocycles. The van der Waals surface area contributed by atoms with Crippen LogP contribution in [0.5, 0.6) is 0 Å². The molecule has 2 nitrogen and oxygen atoms in total. The summed E-state index contributed by atoms with van der Waals surface area (Å²) in [4.78, 5) is 12.1. The van der Waals surface area contributed by atoms with E-state index in [1.807, 2.05) is 18.2 Å². The number of esters is 1. The van der Waals surface area contributed by atoms with Gasteiger partial charge in [0.25, 0.3) is 0 Å². The van der Waals surface area contributed by atoms with Gasteiger partial charge in [-0.1, -0.05) is 53.2 Å². The summed E-state index contributed by atoms with van der Waals surface area (Å²) in [5.41, 5.74) is 1.21. The number of benzene rings is 1. The van der Waals surface area contributed by atoms with E-state index < -0.39 is 0 Å². The molecule has 1 aromatic carbocycles. The molecule has 0 bridgehead atoms. The second-order valence-electron chi connectivity index (χ2n) is 4.52. The molecule has 0 amide bonds. The van der Waals surface area contributed by atoms with Crippen molar-refractivity contribution in [3.05, 3.63) is 35.9 Å². The summed E-state index contributed by atoms with van der Waals surface area (Å²) in [7, 11) is 0. The highest BCUT2D eigenvalue weighted by Crippen LogP contribution is 2.30. The average Bonchev–Trinajstić information content (AvgIpc) is 2.71. The van der Waals surface area contributed by atoms with E-state index in [2.05, 4.69) is 35.0 Å². The SMILES string of the molecule is CC[C@@H](Br)[C@@H]1C[C@@H](Cc2ccccc2)C(=O)O1. The quantitative estimate of drug-likeness (QED) is 0.629. The Morgan fingerprint density at radius 3 is 2.76 bits per heavy atom. The predicted octanol–water partition coefficient (Wildman–Crippen LogP) is 3.33. The Labute approximate surface area is 110 Å². The minimum absolute atomic E-state index is 0.0222. The van der Waals surface area contributed by atoms with Gasteiger partial charge < -0.3 is 4.74 Å². The van der Waals surface area contributed by atoms with Crippen LogP contribution >= 0.6 is 15.9 Å². The Morgan fingerprint density at radius 1 is 1.41 bits per heavy atom. The Hall–Kier alpha value is -0.830. The molecule has 3 heteroatoms. The van der Waals surface area contributed by atoms with Crippen LogP contribution in [0.15, 0.2) is 30.3 Å². The number of hydrogen-bond donors (Lipinski definition) is 0. The van der Waals surface area contributed by atoms with Crippen molar-refractivity contribution in [2.75, 3.05) is 0 Å². The van der Waals surface area contributed by atoms with E-state index in [0.717, 1.165) is 19.3 Å². The molecule has 92 valence electrons. The third kappa shape index (κ3) is 3.09. The summed E-state index contributed by atoms with van der Waals surface area (Å²) in [6.07, 6.45) is 2.65. The summed E-state index contributed by atoms with van der Waals surface area (Å²) in [6.45, 7) is 2.10. The van der Waals surface area contributed by atoms with Crippen LogP contribution in [-0.2, 0) is 16.0 Å². The zero-order valence-electron chi connectivity index (χ0n) is 9.93. The van der Waals surface area contributed by atoms with Crippen molar-refractivity contribution in [2.45, 2.75) is 37.1 Å². The van der Waals surface area contributed by atoms with Gasteiger partial charge in [-0.2, -0.15) is 0 Å². The number of ether oxygens (including phenoxy) is 1. The molecule has 3 atom stereocenters. The van der Waals surface area contributed by atoms with E-state index >= 15 is 0 Å². The number of carbonyl (C=O) groups excluding carboxylic acids is 1. The smallest absolute Gasteiger partial charge is 0.309 e. The lowest BCUT2D eigenvalue weighted by Crippen LogP contribution is -2.19. The van der Waals surface area contributed by atoms with Gasteiger partial charge in [-0.3, -0.25) is 4.79 Å². The van der Waals surface area contributed by atoms with E-state index in [-0.39, 0.29) is 22.8 Å². The van der Waals surface area contributed by atoms with E-state index in [1.54, 1.807) is 0 Å². The Morgan fingerprint density at radius 2 is 2.12 bits per heavy atom. The molecular weight excluding hydrogens is 280 g/mol. The zero-order chi connectivity index (χ0) is 12.3. The van der Waals surface area contributed by atoms with Gasteiger partial charge in [-0.25, -0.2) is 0 Å². The monoisotopic (exact) mass is 296 g/mol. The van der Waals surface area contributed by atoms with Gasteiger partial charge in [-0.05, 0) is 24.8 Å². The maximum absolute atomic E-state index is 11.8. The minimum atomic E-state index is -0.0447. The number of halogens is 1. The summed E-state index contributed by atoms with van der Waals surface area (Å²) in [6, 6.07) is 10.1. The highest BCUT2D eigenvalue weighted by molar-refractivity contribution is 9.09. The second kappa shape index (κ2) is 5.67. The highest BCUT2D eigenvalue weighted by atomic mass is 79.9.